The van der Waals surface area contributed by atoms with E-state index < -0.39 is 0 Å². The van der Waals surface area contributed by atoms with Crippen LogP contribution in [0.25, 0.3) is 11.4 Å². The minimum atomic E-state index is 0.903. The lowest BCUT2D eigenvalue weighted by atomic mass is 10.1. The molecule has 0 atom stereocenters. The van der Waals surface area contributed by atoms with Gasteiger partial charge in [0.1, 0.15) is 5.82 Å². The van der Waals surface area contributed by atoms with Crippen molar-refractivity contribution < 1.29 is 0 Å². The van der Waals surface area contributed by atoms with Crippen LogP contribution in [0.1, 0.15) is 11.4 Å². The number of hydrogen-bond donors (Lipinski definition) is 0. The third-order valence-electron chi connectivity index (χ3n) is 3.48. The van der Waals surface area contributed by atoms with E-state index in [4.69, 9.17) is 0 Å². The summed E-state index contributed by atoms with van der Waals surface area (Å²) >= 11 is 0. The predicted octanol–water partition coefficient (Wildman–Crippen LogP) is 3.27. The van der Waals surface area contributed by atoms with Gasteiger partial charge in [0.05, 0.1) is 0 Å². The van der Waals surface area contributed by atoms with Crippen LogP contribution in [0, 0.1) is 0 Å². The van der Waals surface area contributed by atoms with Gasteiger partial charge in [-0.2, -0.15) is 0 Å². The molecule has 0 bridgehead atoms. The zero-order valence-electron chi connectivity index (χ0n) is 11.5. The van der Waals surface area contributed by atoms with Crippen molar-refractivity contribution in [2.24, 2.45) is 7.05 Å². The molecule has 0 aliphatic rings. The Hall–Kier alpha value is -2.42. The highest BCUT2D eigenvalue weighted by atomic mass is 15.3. The van der Waals surface area contributed by atoms with E-state index in [0.717, 1.165) is 30.1 Å². The monoisotopic (exact) mass is 263 g/mol. The lowest BCUT2D eigenvalue weighted by Crippen LogP contribution is -2.01. The van der Waals surface area contributed by atoms with Crippen molar-refractivity contribution in [1.29, 1.82) is 0 Å². The summed E-state index contributed by atoms with van der Waals surface area (Å²) in [6, 6.07) is 20.7. The van der Waals surface area contributed by atoms with Gasteiger partial charge in [-0.05, 0) is 12.0 Å². The summed E-state index contributed by atoms with van der Waals surface area (Å²) in [6.07, 6.45) is 1.89. The van der Waals surface area contributed by atoms with Crippen LogP contribution >= 0.6 is 0 Å². The zero-order chi connectivity index (χ0) is 13.8. The van der Waals surface area contributed by atoms with Gasteiger partial charge in [0.15, 0.2) is 5.82 Å². The van der Waals surface area contributed by atoms with E-state index in [-0.39, 0.29) is 0 Å². The van der Waals surface area contributed by atoms with Crippen LogP contribution in [0.3, 0.4) is 0 Å². The van der Waals surface area contributed by atoms with E-state index in [0.29, 0.717) is 0 Å². The summed E-state index contributed by atoms with van der Waals surface area (Å²) in [4.78, 5) is 0. The Morgan fingerprint density at radius 1 is 0.800 bits per heavy atom. The number of rotatable bonds is 4. The average molecular weight is 263 g/mol. The second kappa shape index (κ2) is 5.70. The first-order valence-electron chi connectivity index (χ1n) is 6.82. The molecule has 20 heavy (non-hydrogen) atoms. The van der Waals surface area contributed by atoms with Gasteiger partial charge in [0.2, 0.25) is 0 Å². The maximum Gasteiger partial charge on any atom is 0.163 e. The molecular weight excluding hydrogens is 246 g/mol. The smallest absolute Gasteiger partial charge is 0.163 e. The van der Waals surface area contributed by atoms with Crippen molar-refractivity contribution in [3.63, 3.8) is 0 Å². The Balaban J connectivity index is 1.78. The Morgan fingerprint density at radius 3 is 2.15 bits per heavy atom. The number of hydrogen-bond acceptors (Lipinski definition) is 2. The minimum Gasteiger partial charge on any atom is -0.314 e. The highest BCUT2D eigenvalue weighted by molar-refractivity contribution is 5.54. The largest absolute Gasteiger partial charge is 0.314 e. The first-order chi connectivity index (χ1) is 9.84. The molecule has 0 saturated carbocycles. The Kier molecular flexibility index (Phi) is 3.59. The number of aromatic nitrogens is 3. The Labute approximate surface area is 118 Å². The van der Waals surface area contributed by atoms with E-state index in [1.807, 2.05) is 31.3 Å². The van der Waals surface area contributed by atoms with Crippen molar-refractivity contribution in [1.82, 2.24) is 14.8 Å². The molecule has 0 N–H and O–H groups in total. The van der Waals surface area contributed by atoms with Gasteiger partial charge in [0, 0.05) is 19.0 Å². The quantitative estimate of drug-likeness (QED) is 0.723. The van der Waals surface area contributed by atoms with Crippen molar-refractivity contribution in [3.05, 3.63) is 72.1 Å². The fraction of sp³-hybridized carbons (Fsp3) is 0.176. The summed E-state index contributed by atoms with van der Waals surface area (Å²) in [7, 11) is 2.03. The molecule has 1 aromatic heterocycles. The summed E-state index contributed by atoms with van der Waals surface area (Å²) < 4.78 is 2.08. The van der Waals surface area contributed by atoms with Gasteiger partial charge < -0.3 is 4.57 Å². The molecule has 0 fully saturated rings. The van der Waals surface area contributed by atoms with Crippen LogP contribution in [-0.4, -0.2) is 14.8 Å². The summed E-state index contributed by atoms with van der Waals surface area (Å²) in [5.74, 6) is 1.95. The lowest BCUT2D eigenvalue weighted by Gasteiger charge is -2.04. The summed E-state index contributed by atoms with van der Waals surface area (Å²) in [5.41, 5.74) is 2.44. The highest BCUT2D eigenvalue weighted by Crippen LogP contribution is 2.17. The van der Waals surface area contributed by atoms with Crippen molar-refractivity contribution in [2.45, 2.75) is 12.8 Å². The maximum absolute atomic E-state index is 4.32. The SMILES string of the molecule is Cn1c(CCc2ccccc2)nnc1-c1ccccc1. The molecule has 3 heteroatoms. The third-order valence-corrected chi connectivity index (χ3v) is 3.48. The number of benzene rings is 2. The van der Waals surface area contributed by atoms with Gasteiger partial charge in [-0.1, -0.05) is 60.7 Å². The van der Waals surface area contributed by atoms with Crippen molar-refractivity contribution >= 4 is 0 Å². The van der Waals surface area contributed by atoms with Crippen molar-refractivity contribution in [2.75, 3.05) is 0 Å². The standard InChI is InChI=1S/C17H17N3/c1-20-16(13-12-14-8-4-2-5-9-14)18-19-17(20)15-10-6-3-7-11-15/h2-11H,12-13H2,1H3. The molecule has 0 spiro atoms. The van der Waals surface area contributed by atoms with E-state index >= 15 is 0 Å². The van der Waals surface area contributed by atoms with Gasteiger partial charge in [-0.3, -0.25) is 0 Å². The number of nitrogens with zero attached hydrogens (tertiary/aromatic N) is 3. The molecule has 2 aromatic carbocycles. The van der Waals surface area contributed by atoms with E-state index in [1.54, 1.807) is 0 Å². The van der Waals surface area contributed by atoms with Crippen LogP contribution in [0.5, 0.6) is 0 Å². The lowest BCUT2D eigenvalue weighted by molar-refractivity contribution is 0.773. The first-order valence-corrected chi connectivity index (χ1v) is 6.82. The highest BCUT2D eigenvalue weighted by Gasteiger charge is 2.10. The van der Waals surface area contributed by atoms with Crippen molar-refractivity contribution in [3.8, 4) is 11.4 Å². The molecule has 100 valence electrons. The van der Waals surface area contributed by atoms with E-state index in [9.17, 15) is 0 Å². The average Bonchev–Trinajstić information content (AvgIpc) is 2.88. The fourth-order valence-electron chi connectivity index (χ4n) is 2.32. The van der Waals surface area contributed by atoms with Gasteiger partial charge >= 0.3 is 0 Å². The van der Waals surface area contributed by atoms with Crippen LogP contribution in [0.2, 0.25) is 0 Å². The molecular formula is C17H17N3. The molecule has 1 heterocycles. The van der Waals surface area contributed by atoms with Gasteiger partial charge in [-0.25, -0.2) is 0 Å². The van der Waals surface area contributed by atoms with Crippen LogP contribution < -0.4 is 0 Å². The van der Waals surface area contributed by atoms with Gasteiger partial charge in [-0.15, -0.1) is 10.2 Å². The molecule has 0 aliphatic carbocycles. The third kappa shape index (κ3) is 2.62. The summed E-state index contributed by atoms with van der Waals surface area (Å²) in [6.45, 7) is 0. The molecule has 0 amide bonds. The van der Waals surface area contributed by atoms with Crippen LogP contribution in [0.4, 0.5) is 0 Å². The van der Waals surface area contributed by atoms with E-state index in [1.165, 1.54) is 5.56 Å². The predicted molar refractivity (Wildman–Crippen MR) is 80.3 cm³/mol. The fourth-order valence-corrected chi connectivity index (χ4v) is 2.32. The molecule has 3 rings (SSSR count). The molecule has 0 unspecified atom stereocenters. The maximum atomic E-state index is 4.32. The Bertz CT molecular complexity index is 672. The van der Waals surface area contributed by atoms with Crippen LogP contribution in [0.15, 0.2) is 60.7 Å². The topological polar surface area (TPSA) is 30.7 Å². The molecule has 0 radical (unpaired) electrons. The first kappa shape index (κ1) is 12.6. The zero-order valence-corrected chi connectivity index (χ0v) is 11.5. The second-order valence-electron chi connectivity index (χ2n) is 4.85. The van der Waals surface area contributed by atoms with Crippen LogP contribution in [-0.2, 0) is 19.9 Å². The normalized spacial score (nSPS) is 10.7. The molecule has 3 aromatic rings. The molecule has 3 nitrogen and oxygen atoms in total. The molecule has 0 aliphatic heterocycles. The van der Waals surface area contributed by atoms with E-state index in [2.05, 4.69) is 51.2 Å². The number of aryl methyl sites for hydroxylation is 2. The minimum absolute atomic E-state index is 0.903. The Morgan fingerprint density at radius 2 is 1.45 bits per heavy atom. The second-order valence-corrected chi connectivity index (χ2v) is 4.85. The summed E-state index contributed by atoms with van der Waals surface area (Å²) in [5, 5.41) is 8.63. The molecule has 0 saturated heterocycles. The van der Waals surface area contributed by atoms with Gasteiger partial charge in [0.25, 0.3) is 0 Å².